The molecule has 1 aliphatic rings. The molecule has 0 amide bonds. The first-order chi connectivity index (χ1) is 7.54. The summed E-state index contributed by atoms with van der Waals surface area (Å²) in [6.45, 7) is 8.57. The summed E-state index contributed by atoms with van der Waals surface area (Å²) >= 11 is 0. The van der Waals surface area contributed by atoms with E-state index in [0.717, 1.165) is 6.42 Å². The Morgan fingerprint density at radius 3 is 2.44 bits per heavy atom. The number of rotatable bonds is 3. The van der Waals surface area contributed by atoms with Gasteiger partial charge in [0.15, 0.2) is 0 Å². The lowest BCUT2D eigenvalue weighted by molar-refractivity contribution is 0.491. The van der Waals surface area contributed by atoms with E-state index >= 15 is 0 Å². The zero-order chi connectivity index (χ0) is 12.1. The SMILES string of the molecule is C/C=C(C)\C=C(/C)N(C)C1=CC=C(C)CC1. The van der Waals surface area contributed by atoms with Gasteiger partial charge in [0.2, 0.25) is 0 Å². The van der Waals surface area contributed by atoms with Crippen molar-refractivity contribution in [2.75, 3.05) is 7.05 Å². The summed E-state index contributed by atoms with van der Waals surface area (Å²) in [5.74, 6) is 0. The van der Waals surface area contributed by atoms with Crippen LogP contribution in [-0.4, -0.2) is 11.9 Å². The minimum Gasteiger partial charge on any atom is -0.352 e. The summed E-state index contributed by atoms with van der Waals surface area (Å²) in [6, 6.07) is 0. The highest BCUT2D eigenvalue weighted by molar-refractivity contribution is 5.27. The minimum atomic E-state index is 1.15. The molecule has 0 radical (unpaired) electrons. The standard InChI is InChI=1S/C15H23N/c1-6-12(2)11-14(4)16(5)15-9-7-13(3)8-10-15/h6-7,9,11H,8,10H2,1-5H3/b12-6-,14-11+. The normalized spacial score (nSPS) is 18.1. The second-order valence-corrected chi connectivity index (χ2v) is 4.55. The van der Waals surface area contributed by atoms with Gasteiger partial charge in [-0.05, 0) is 52.7 Å². The van der Waals surface area contributed by atoms with Crippen LogP contribution in [0.25, 0.3) is 0 Å². The average molecular weight is 217 g/mol. The summed E-state index contributed by atoms with van der Waals surface area (Å²) in [6.07, 6.45) is 11.2. The van der Waals surface area contributed by atoms with E-state index in [2.05, 4.69) is 63.9 Å². The van der Waals surface area contributed by atoms with Crippen LogP contribution in [0.15, 0.2) is 46.8 Å². The van der Waals surface area contributed by atoms with Gasteiger partial charge in [-0.15, -0.1) is 0 Å². The molecule has 0 N–H and O–H groups in total. The van der Waals surface area contributed by atoms with Crippen LogP contribution in [0.4, 0.5) is 0 Å². The number of hydrogen-bond acceptors (Lipinski definition) is 1. The first kappa shape index (κ1) is 12.8. The summed E-state index contributed by atoms with van der Waals surface area (Å²) in [7, 11) is 2.15. The van der Waals surface area contributed by atoms with E-state index in [9.17, 15) is 0 Å². The van der Waals surface area contributed by atoms with Crippen molar-refractivity contribution in [1.29, 1.82) is 0 Å². The van der Waals surface area contributed by atoms with Gasteiger partial charge >= 0.3 is 0 Å². The molecule has 0 fully saturated rings. The molecular weight excluding hydrogens is 194 g/mol. The van der Waals surface area contributed by atoms with Gasteiger partial charge in [-0.25, -0.2) is 0 Å². The summed E-state index contributed by atoms with van der Waals surface area (Å²) < 4.78 is 0. The number of hydrogen-bond donors (Lipinski definition) is 0. The average Bonchev–Trinajstić information content (AvgIpc) is 2.28. The Kier molecular flexibility index (Phi) is 4.60. The molecule has 88 valence electrons. The van der Waals surface area contributed by atoms with Crippen LogP contribution in [0.1, 0.15) is 40.5 Å². The van der Waals surface area contributed by atoms with E-state index in [1.807, 2.05) is 0 Å². The second kappa shape index (κ2) is 5.74. The van der Waals surface area contributed by atoms with Crippen LogP contribution >= 0.6 is 0 Å². The fourth-order valence-corrected chi connectivity index (χ4v) is 1.75. The molecule has 0 aliphatic heterocycles. The summed E-state index contributed by atoms with van der Waals surface area (Å²) in [5, 5.41) is 0. The summed E-state index contributed by atoms with van der Waals surface area (Å²) in [5.41, 5.74) is 5.49. The van der Waals surface area contributed by atoms with Crippen molar-refractivity contribution in [3.05, 3.63) is 46.8 Å². The molecule has 1 rings (SSSR count). The monoisotopic (exact) mass is 217 g/mol. The Labute approximate surface area is 99.8 Å². The molecule has 0 aromatic heterocycles. The van der Waals surface area contributed by atoms with Crippen molar-refractivity contribution in [2.24, 2.45) is 0 Å². The van der Waals surface area contributed by atoms with Crippen molar-refractivity contribution < 1.29 is 0 Å². The molecule has 0 aromatic rings. The summed E-state index contributed by atoms with van der Waals surface area (Å²) in [4.78, 5) is 2.29. The third kappa shape index (κ3) is 3.41. The highest BCUT2D eigenvalue weighted by Gasteiger charge is 2.09. The Hall–Kier alpha value is -1.24. The van der Waals surface area contributed by atoms with Gasteiger partial charge in [-0.1, -0.05) is 23.3 Å². The van der Waals surface area contributed by atoms with Crippen molar-refractivity contribution in [3.63, 3.8) is 0 Å². The van der Waals surface area contributed by atoms with Gasteiger partial charge < -0.3 is 4.90 Å². The van der Waals surface area contributed by atoms with E-state index in [0.29, 0.717) is 0 Å². The molecule has 0 aromatic carbocycles. The zero-order valence-corrected chi connectivity index (χ0v) is 11.2. The maximum Gasteiger partial charge on any atom is 0.0176 e. The maximum absolute atomic E-state index is 2.29. The van der Waals surface area contributed by atoms with Crippen LogP contribution < -0.4 is 0 Å². The van der Waals surface area contributed by atoms with Crippen LogP contribution in [0.3, 0.4) is 0 Å². The van der Waals surface area contributed by atoms with Crippen molar-refractivity contribution in [2.45, 2.75) is 40.5 Å². The predicted octanol–water partition coefficient (Wildman–Crippen LogP) is 4.41. The Balaban J connectivity index is 2.79. The topological polar surface area (TPSA) is 3.24 Å². The quantitative estimate of drug-likeness (QED) is 0.633. The highest BCUT2D eigenvalue weighted by Crippen LogP contribution is 2.23. The largest absolute Gasteiger partial charge is 0.352 e. The van der Waals surface area contributed by atoms with E-state index < -0.39 is 0 Å². The third-order valence-electron chi connectivity index (χ3n) is 3.19. The molecule has 1 nitrogen and oxygen atoms in total. The van der Waals surface area contributed by atoms with Crippen LogP contribution in [-0.2, 0) is 0 Å². The smallest absolute Gasteiger partial charge is 0.0176 e. The number of nitrogens with zero attached hydrogens (tertiary/aromatic N) is 1. The van der Waals surface area contributed by atoms with Gasteiger partial charge in [0.05, 0.1) is 0 Å². The van der Waals surface area contributed by atoms with Gasteiger partial charge in [0.1, 0.15) is 0 Å². The van der Waals surface area contributed by atoms with E-state index in [4.69, 9.17) is 0 Å². The molecule has 0 atom stereocenters. The molecular formula is C15H23N. The van der Waals surface area contributed by atoms with E-state index in [-0.39, 0.29) is 0 Å². The first-order valence-corrected chi connectivity index (χ1v) is 5.96. The molecule has 0 saturated carbocycles. The zero-order valence-electron chi connectivity index (χ0n) is 11.2. The number of allylic oxidation sites excluding steroid dienone is 8. The van der Waals surface area contributed by atoms with Crippen LogP contribution in [0.5, 0.6) is 0 Å². The lowest BCUT2D eigenvalue weighted by Gasteiger charge is -2.25. The fraction of sp³-hybridized carbons (Fsp3) is 0.467. The molecule has 1 heteroatoms. The van der Waals surface area contributed by atoms with Crippen molar-refractivity contribution in [1.82, 2.24) is 4.90 Å². The van der Waals surface area contributed by atoms with Gasteiger partial charge in [0, 0.05) is 18.4 Å². The van der Waals surface area contributed by atoms with Crippen LogP contribution in [0.2, 0.25) is 0 Å². The molecule has 0 saturated heterocycles. The lowest BCUT2D eigenvalue weighted by Crippen LogP contribution is -2.16. The predicted molar refractivity (Wildman–Crippen MR) is 72.0 cm³/mol. The fourth-order valence-electron chi connectivity index (χ4n) is 1.75. The molecule has 0 spiro atoms. The third-order valence-corrected chi connectivity index (χ3v) is 3.19. The Bertz CT molecular complexity index is 367. The molecule has 0 unspecified atom stereocenters. The highest BCUT2D eigenvalue weighted by atomic mass is 15.1. The Morgan fingerprint density at radius 2 is 1.94 bits per heavy atom. The van der Waals surface area contributed by atoms with E-state index in [1.165, 1.54) is 29.0 Å². The molecule has 16 heavy (non-hydrogen) atoms. The first-order valence-electron chi connectivity index (χ1n) is 5.96. The lowest BCUT2D eigenvalue weighted by atomic mass is 10.0. The van der Waals surface area contributed by atoms with Crippen LogP contribution in [0, 0.1) is 0 Å². The van der Waals surface area contributed by atoms with E-state index in [1.54, 1.807) is 0 Å². The molecule has 0 bridgehead atoms. The Morgan fingerprint density at radius 1 is 1.25 bits per heavy atom. The molecule has 1 aliphatic carbocycles. The maximum atomic E-state index is 2.29. The van der Waals surface area contributed by atoms with Gasteiger partial charge in [0.25, 0.3) is 0 Å². The minimum absolute atomic E-state index is 1.15. The van der Waals surface area contributed by atoms with Crippen molar-refractivity contribution in [3.8, 4) is 0 Å². The van der Waals surface area contributed by atoms with Gasteiger partial charge in [-0.3, -0.25) is 0 Å². The molecule has 0 heterocycles. The second-order valence-electron chi connectivity index (χ2n) is 4.55. The van der Waals surface area contributed by atoms with Gasteiger partial charge in [-0.2, -0.15) is 0 Å². The van der Waals surface area contributed by atoms with Crippen molar-refractivity contribution >= 4 is 0 Å².